The van der Waals surface area contributed by atoms with Gasteiger partial charge in [0.2, 0.25) is 0 Å². The summed E-state index contributed by atoms with van der Waals surface area (Å²) in [7, 11) is 0. The van der Waals surface area contributed by atoms with Gasteiger partial charge in [-0.05, 0) is 36.8 Å². The number of aryl methyl sites for hydroxylation is 1. The van der Waals surface area contributed by atoms with Crippen LogP contribution in [0, 0.1) is 6.92 Å². The van der Waals surface area contributed by atoms with Gasteiger partial charge in [-0.1, -0.05) is 35.9 Å². The van der Waals surface area contributed by atoms with Gasteiger partial charge in [-0.15, -0.1) is 0 Å². The molecule has 0 spiro atoms. The Morgan fingerprint density at radius 3 is 2.06 bits per heavy atom. The SMILES string of the molecule is Cc1ccc(N)c(Cl)c1.Oc1ccccc1. The molecule has 0 saturated carbocycles. The van der Waals surface area contributed by atoms with E-state index < -0.39 is 0 Å². The topological polar surface area (TPSA) is 46.2 Å². The maximum atomic E-state index is 8.63. The number of hydrogen-bond acceptors (Lipinski definition) is 2. The van der Waals surface area contributed by atoms with Crippen molar-refractivity contribution in [2.45, 2.75) is 6.92 Å². The molecule has 0 unspecified atom stereocenters. The fourth-order valence-corrected chi connectivity index (χ4v) is 1.30. The Hall–Kier alpha value is -1.67. The summed E-state index contributed by atoms with van der Waals surface area (Å²) in [5, 5.41) is 9.27. The van der Waals surface area contributed by atoms with E-state index in [9.17, 15) is 0 Å². The van der Waals surface area contributed by atoms with Crippen LogP contribution in [0.5, 0.6) is 5.75 Å². The maximum Gasteiger partial charge on any atom is 0.115 e. The zero-order valence-corrected chi connectivity index (χ0v) is 9.78. The van der Waals surface area contributed by atoms with Gasteiger partial charge < -0.3 is 10.8 Å². The molecule has 2 aromatic rings. The van der Waals surface area contributed by atoms with Gasteiger partial charge in [0.15, 0.2) is 0 Å². The van der Waals surface area contributed by atoms with Crippen molar-refractivity contribution in [3.05, 3.63) is 59.1 Å². The summed E-state index contributed by atoms with van der Waals surface area (Å²) in [6.07, 6.45) is 0. The maximum absolute atomic E-state index is 8.63. The van der Waals surface area contributed by atoms with E-state index in [0.29, 0.717) is 16.5 Å². The second-order valence-corrected chi connectivity index (χ2v) is 3.77. The molecular formula is C13H14ClNO. The predicted octanol–water partition coefficient (Wildman–Crippen LogP) is 3.62. The van der Waals surface area contributed by atoms with Gasteiger partial charge >= 0.3 is 0 Å². The molecule has 0 amide bonds. The lowest BCUT2D eigenvalue weighted by molar-refractivity contribution is 0.475. The van der Waals surface area contributed by atoms with Gasteiger partial charge in [0.1, 0.15) is 5.75 Å². The minimum atomic E-state index is 0.322. The number of halogens is 1. The molecule has 2 nitrogen and oxygen atoms in total. The van der Waals surface area contributed by atoms with Crippen molar-refractivity contribution in [1.29, 1.82) is 0 Å². The highest BCUT2D eigenvalue weighted by Gasteiger charge is 1.92. The molecule has 0 saturated heterocycles. The number of benzene rings is 2. The number of phenols is 1. The van der Waals surface area contributed by atoms with E-state index in [4.69, 9.17) is 22.4 Å². The highest BCUT2D eigenvalue weighted by atomic mass is 35.5. The number of nitrogen functional groups attached to an aromatic ring is 1. The fraction of sp³-hybridized carbons (Fsp3) is 0.0769. The molecule has 3 N–H and O–H groups in total. The first kappa shape index (κ1) is 12.4. The van der Waals surface area contributed by atoms with E-state index in [2.05, 4.69) is 0 Å². The molecule has 84 valence electrons. The van der Waals surface area contributed by atoms with Crippen LogP contribution in [0.15, 0.2) is 48.5 Å². The lowest BCUT2D eigenvalue weighted by Gasteiger charge is -1.96. The molecule has 2 rings (SSSR count). The highest BCUT2D eigenvalue weighted by Crippen LogP contribution is 2.18. The van der Waals surface area contributed by atoms with E-state index in [1.807, 2.05) is 25.1 Å². The van der Waals surface area contributed by atoms with Crippen LogP contribution >= 0.6 is 11.6 Å². The van der Waals surface area contributed by atoms with E-state index in [0.717, 1.165) is 5.56 Å². The lowest BCUT2D eigenvalue weighted by Crippen LogP contribution is -1.85. The molecule has 2 aromatic carbocycles. The Kier molecular flexibility index (Phi) is 4.67. The molecule has 0 aromatic heterocycles. The van der Waals surface area contributed by atoms with Gasteiger partial charge in [0.05, 0.1) is 10.7 Å². The second-order valence-electron chi connectivity index (χ2n) is 3.36. The van der Waals surface area contributed by atoms with Crippen LogP contribution < -0.4 is 5.73 Å². The van der Waals surface area contributed by atoms with Crippen LogP contribution in [0.2, 0.25) is 5.02 Å². The molecule has 0 aliphatic carbocycles. The number of hydrogen-bond donors (Lipinski definition) is 2. The molecule has 0 aliphatic heterocycles. The largest absolute Gasteiger partial charge is 0.508 e. The first-order valence-electron chi connectivity index (χ1n) is 4.85. The van der Waals surface area contributed by atoms with Gasteiger partial charge in [-0.3, -0.25) is 0 Å². The van der Waals surface area contributed by atoms with E-state index >= 15 is 0 Å². The lowest BCUT2D eigenvalue weighted by atomic mass is 10.2. The summed E-state index contributed by atoms with van der Waals surface area (Å²) in [6.45, 7) is 1.98. The van der Waals surface area contributed by atoms with Crippen LogP contribution in [0.1, 0.15) is 5.56 Å². The predicted molar refractivity (Wildman–Crippen MR) is 68.7 cm³/mol. The monoisotopic (exact) mass is 235 g/mol. The Morgan fingerprint density at radius 2 is 1.69 bits per heavy atom. The Labute approximate surface area is 100 Å². The van der Waals surface area contributed by atoms with E-state index in [-0.39, 0.29) is 0 Å². The third-order valence-corrected chi connectivity index (χ3v) is 2.24. The second kappa shape index (κ2) is 6.03. The number of nitrogens with two attached hydrogens (primary N) is 1. The van der Waals surface area contributed by atoms with Crippen LogP contribution in [0.4, 0.5) is 5.69 Å². The molecule has 0 atom stereocenters. The first-order chi connectivity index (χ1) is 7.59. The molecule has 3 heteroatoms. The van der Waals surface area contributed by atoms with Crippen LogP contribution in [0.3, 0.4) is 0 Å². The number of para-hydroxylation sites is 1. The molecular weight excluding hydrogens is 222 g/mol. The van der Waals surface area contributed by atoms with Crippen molar-refractivity contribution >= 4 is 17.3 Å². The van der Waals surface area contributed by atoms with Crippen LogP contribution in [0.25, 0.3) is 0 Å². The van der Waals surface area contributed by atoms with Crippen molar-refractivity contribution in [2.24, 2.45) is 0 Å². The summed E-state index contributed by atoms with van der Waals surface area (Å²) >= 11 is 5.69. The number of aromatic hydroxyl groups is 1. The average Bonchev–Trinajstić information content (AvgIpc) is 2.26. The third kappa shape index (κ3) is 4.24. The molecule has 0 radical (unpaired) electrons. The van der Waals surface area contributed by atoms with Crippen LogP contribution in [-0.4, -0.2) is 5.11 Å². The molecule has 16 heavy (non-hydrogen) atoms. The van der Waals surface area contributed by atoms with Crippen molar-refractivity contribution in [3.63, 3.8) is 0 Å². The van der Waals surface area contributed by atoms with Gasteiger partial charge in [-0.25, -0.2) is 0 Å². The number of phenolic OH excluding ortho intramolecular Hbond substituents is 1. The average molecular weight is 236 g/mol. The van der Waals surface area contributed by atoms with Crippen LogP contribution in [-0.2, 0) is 0 Å². The van der Waals surface area contributed by atoms with Crippen molar-refractivity contribution in [3.8, 4) is 5.75 Å². The van der Waals surface area contributed by atoms with Crippen molar-refractivity contribution in [2.75, 3.05) is 5.73 Å². The zero-order chi connectivity index (χ0) is 12.0. The summed E-state index contributed by atoms with van der Waals surface area (Å²) in [4.78, 5) is 0. The van der Waals surface area contributed by atoms with Gasteiger partial charge in [-0.2, -0.15) is 0 Å². The molecule has 0 heterocycles. The fourth-order valence-electron chi connectivity index (χ4n) is 1.06. The van der Waals surface area contributed by atoms with Gasteiger partial charge in [0, 0.05) is 0 Å². The number of rotatable bonds is 0. The summed E-state index contributed by atoms with van der Waals surface area (Å²) in [5.41, 5.74) is 7.23. The minimum Gasteiger partial charge on any atom is -0.508 e. The van der Waals surface area contributed by atoms with Crippen molar-refractivity contribution < 1.29 is 5.11 Å². The van der Waals surface area contributed by atoms with Crippen molar-refractivity contribution in [1.82, 2.24) is 0 Å². The highest BCUT2D eigenvalue weighted by molar-refractivity contribution is 6.33. The summed E-state index contributed by atoms with van der Waals surface area (Å²) in [6, 6.07) is 14.3. The Bertz CT molecular complexity index is 443. The summed E-state index contributed by atoms with van der Waals surface area (Å²) < 4.78 is 0. The normalized spacial score (nSPS) is 9.12. The first-order valence-corrected chi connectivity index (χ1v) is 5.23. The van der Waals surface area contributed by atoms with E-state index in [1.165, 1.54) is 0 Å². The number of anilines is 1. The smallest absolute Gasteiger partial charge is 0.115 e. The van der Waals surface area contributed by atoms with E-state index in [1.54, 1.807) is 30.3 Å². The Morgan fingerprint density at radius 1 is 1.06 bits per heavy atom. The summed E-state index contributed by atoms with van der Waals surface area (Å²) in [5.74, 6) is 0.322. The standard InChI is InChI=1S/C7H8ClN.C6H6O/c1-5-2-3-7(9)6(8)4-5;7-6-4-2-1-3-5-6/h2-4H,9H2,1H3;1-5,7H. The minimum absolute atomic E-state index is 0.322. The molecule has 0 bridgehead atoms. The quantitative estimate of drug-likeness (QED) is 0.685. The third-order valence-electron chi connectivity index (χ3n) is 1.91. The Balaban J connectivity index is 0.000000165. The zero-order valence-electron chi connectivity index (χ0n) is 9.02. The molecule has 0 fully saturated rings. The molecule has 0 aliphatic rings. The van der Waals surface area contributed by atoms with Gasteiger partial charge in [0.25, 0.3) is 0 Å².